The molecule has 0 spiro atoms. The molecule has 1 N–H and O–H groups in total. The van der Waals surface area contributed by atoms with Crippen LogP contribution in [-0.2, 0) is 21.4 Å². The minimum atomic E-state index is -0.253. The van der Waals surface area contributed by atoms with Gasteiger partial charge in [0.05, 0.1) is 13.2 Å². The molecule has 2 aromatic rings. The molecule has 1 aromatic carbocycles. The van der Waals surface area contributed by atoms with Crippen molar-refractivity contribution in [3.8, 4) is 17.1 Å². The van der Waals surface area contributed by atoms with Gasteiger partial charge in [-0.25, -0.2) is 0 Å². The highest BCUT2D eigenvalue weighted by Crippen LogP contribution is 2.37. The molecule has 1 amide bonds. The number of aliphatic imine (C=N–C) groups is 1. The predicted octanol–water partition coefficient (Wildman–Crippen LogP) is 4.21. The average Bonchev–Trinajstić information content (AvgIpc) is 3.36. The van der Waals surface area contributed by atoms with Crippen LogP contribution in [0.25, 0.3) is 11.3 Å². The van der Waals surface area contributed by atoms with E-state index in [0.29, 0.717) is 25.4 Å². The second kappa shape index (κ2) is 8.47. The van der Waals surface area contributed by atoms with Crippen LogP contribution in [0.15, 0.2) is 39.7 Å². The number of nitrogens with zero attached hydrogens (tertiary/aromatic N) is 2. The van der Waals surface area contributed by atoms with Crippen LogP contribution in [0.5, 0.6) is 5.75 Å². The van der Waals surface area contributed by atoms with Crippen molar-refractivity contribution in [1.29, 1.82) is 0 Å². The number of carbonyl (C=O) groups is 1. The first kappa shape index (κ1) is 21.0. The van der Waals surface area contributed by atoms with Crippen molar-refractivity contribution in [3.63, 3.8) is 0 Å². The van der Waals surface area contributed by atoms with Crippen LogP contribution in [-0.4, -0.2) is 52.6 Å². The molecule has 1 fully saturated rings. The van der Waals surface area contributed by atoms with Crippen molar-refractivity contribution in [2.45, 2.75) is 44.3 Å². The van der Waals surface area contributed by atoms with Gasteiger partial charge in [-0.15, -0.1) is 0 Å². The fourth-order valence-corrected chi connectivity index (χ4v) is 4.78. The lowest BCUT2D eigenvalue weighted by Gasteiger charge is -2.27. The highest BCUT2D eigenvalue weighted by atomic mass is 32.2. The Labute approximate surface area is 181 Å². The van der Waals surface area contributed by atoms with Crippen LogP contribution in [0.3, 0.4) is 0 Å². The van der Waals surface area contributed by atoms with E-state index < -0.39 is 0 Å². The van der Waals surface area contributed by atoms with Gasteiger partial charge >= 0.3 is 0 Å². The Morgan fingerprint density at radius 1 is 1.23 bits per heavy atom. The summed E-state index contributed by atoms with van der Waals surface area (Å²) in [6.45, 7) is 9.23. The number of hydrogen-bond acceptors (Lipinski definition) is 6. The highest BCUT2D eigenvalue weighted by molar-refractivity contribution is 8.15. The molecule has 1 saturated heterocycles. The van der Waals surface area contributed by atoms with Crippen LogP contribution < -0.4 is 0 Å². The number of phenolic OH excluding ortho intramolecular Hbond substituents is 1. The monoisotopic (exact) mass is 428 g/mol. The number of morpholine rings is 1. The quantitative estimate of drug-likeness (QED) is 0.769. The van der Waals surface area contributed by atoms with Gasteiger partial charge in [-0.2, -0.15) is 4.99 Å². The van der Waals surface area contributed by atoms with Gasteiger partial charge in [0.15, 0.2) is 5.17 Å². The van der Waals surface area contributed by atoms with Gasteiger partial charge in [-0.3, -0.25) is 4.79 Å². The molecule has 0 radical (unpaired) electrons. The van der Waals surface area contributed by atoms with E-state index in [1.54, 1.807) is 6.07 Å². The summed E-state index contributed by atoms with van der Waals surface area (Å²) in [5.74, 6) is 1.70. The summed E-state index contributed by atoms with van der Waals surface area (Å²) in [5.41, 5.74) is 1.70. The SMILES string of the molecule is CCC(C)(C)c1cc(-c2ccc(CC3SC(N4CCOCC4)=NC3=O)o2)ccc1O. The number of furan rings is 1. The maximum Gasteiger partial charge on any atom is 0.262 e. The lowest BCUT2D eigenvalue weighted by atomic mass is 9.81. The maximum atomic E-state index is 12.4. The predicted molar refractivity (Wildman–Crippen MR) is 119 cm³/mol. The van der Waals surface area contributed by atoms with Crippen LogP contribution >= 0.6 is 11.8 Å². The number of amides is 1. The number of amidine groups is 1. The Balaban J connectivity index is 1.46. The summed E-state index contributed by atoms with van der Waals surface area (Å²) in [5, 5.41) is 10.9. The van der Waals surface area contributed by atoms with Crippen LogP contribution in [0, 0.1) is 0 Å². The van der Waals surface area contributed by atoms with E-state index in [-0.39, 0.29) is 16.6 Å². The molecule has 1 unspecified atom stereocenters. The molecule has 1 aromatic heterocycles. The zero-order chi connectivity index (χ0) is 21.3. The molecule has 0 saturated carbocycles. The zero-order valence-electron chi connectivity index (χ0n) is 17.7. The van der Waals surface area contributed by atoms with Gasteiger partial charge in [0, 0.05) is 30.6 Å². The van der Waals surface area contributed by atoms with Crippen molar-refractivity contribution >= 4 is 22.8 Å². The van der Waals surface area contributed by atoms with Gasteiger partial charge in [0.2, 0.25) is 0 Å². The molecule has 160 valence electrons. The van der Waals surface area contributed by atoms with E-state index in [1.807, 2.05) is 24.3 Å². The van der Waals surface area contributed by atoms with Crippen molar-refractivity contribution in [3.05, 3.63) is 41.7 Å². The first-order valence-corrected chi connectivity index (χ1v) is 11.3. The van der Waals surface area contributed by atoms with Gasteiger partial charge < -0.3 is 19.2 Å². The first-order chi connectivity index (χ1) is 14.4. The normalized spacial score (nSPS) is 20.0. The Bertz CT molecular complexity index is 960. The number of carbonyl (C=O) groups excluding carboxylic acids is 1. The number of aromatic hydroxyl groups is 1. The number of benzene rings is 1. The van der Waals surface area contributed by atoms with Crippen molar-refractivity contribution in [2.24, 2.45) is 4.99 Å². The molecule has 6 nitrogen and oxygen atoms in total. The van der Waals surface area contributed by atoms with Crippen LogP contribution in [0.1, 0.15) is 38.5 Å². The van der Waals surface area contributed by atoms with Gasteiger partial charge in [-0.1, -0.05) is 32.5 Å². The average molecular weight is 429 g/mol. The van der Waals surface area contributed by atoms with Gasteiger partial charge in [-0.05, 0) is 42.2 Å². The molecule has 3 heterocycles. The molecule has 0 bridgehead atoms. The fourth-order valence-electron chi connectivity index (χ4n) is 3.65. The molecule has 2 aliphatic heterocycles. The topological polar surface area (TPSA) is 75.3 Å². The lowest BCUT2D eigenvalue weighted by Crippen LogP contribution is -2.39. The Morgan fingerprint density at radius 2 is 2.00 bits per heavy atom. The molecule has 4 rings (SSSR count). The summed E-state index contributed by atoms with van der Waals surface area (Å²) in [6.07, 6.45) is 1.42. The number of ether oxygens (including phenoxy) is 1. The lowest BCUT2D eigenvalue weighted by molar-refractivity contribution is -0.117. The second-order valence-corrected chi connectivity index (χ2v) is 9.55. The number of thioether (sulfide) groups is 1. The Hall–Kier alpha value is -2.25. The molecule has 2 aliphatic rings. The van der Waals surface area contributed by atoms with E-state index >= 15 is 0 Å². The molecule has 30 heavy (non-hydrogen) atoms. The van der Waals surface area contributed by atoms with Crippen molar-refractivity contribution in [2.75, 3.05) is 26.3 Å². The second-order valence-electron chi connectivity index (χ2n) is 8.38. The summed E-state index contributed by atoms with van der Waals surface area (Å²) >= 11 is 1.51. The highest BCUT2D eigenvalue weighted by Gasteiger charge is 2.33. The van der Waals surface area contributed by atoms with E-state index in [2.05, 4.69) is 30.7 Å². The van der Waals surface area contributed by atoms with E-state index in [4.69, 9.17) is 9.15 Å². The molecule has 0 aliphatic carbocycles. The number of rotatable bonds is 5. The Kier molecular flexibility index (Phi) is 5.93. The maximum absolute atomic E-state index is 12.4. The van der Waals surface area contributed by atoms with Crippen LogP contribution in [0.4, 0.5) is 0 Å². The number of hydrogen-bond donors (Lipinski definition) is 1. The zero-order valence-corrected chi connectivity index (χ0v) is 18.5. The molecular formula is C23H28N2O4S. The molecule has 1 atom stereocenters. The molecular weight excluding hydrogens is 400 g/mol. The summed E-state index contributed by atoms with van der Waals surface area (Å²) in [7, 11) is 0. The first-order valence-electron chi connectivity index (χ1n) is 10.4. The molecule has 7 heteroatoms. The summed E-state index contributed by atoms with van der Waals surface area (Å²) < 4.78 is 11.4. The van der Waals surface area contributed by atoms with Gasteiger partial charge in [0.1, 0.15) is 22.5 Å². The third-order valence-electron chi connectivity index (χ3n) is 5.95. The third kappa shape index (κ3) is 4.27. The van der Waals surface area contributed by atoms with E-state index in [0.717, 1.165) is 47.3 Å². The number of phenols is 1. The third-order valence-corrected chi connectivity index (χ3v) is 7.17. The Morgan fingerprint density at radius 3 is 2.73 bits per heavy atom. The summed E-state index contributed by atoms with van der Waals surface area (Å²) in [6, 6.07) is 9.44. The van der Waals surface area contributed by atoms with Crippen LogP contribution in [0.2, 0.25) is 0 Å². The van der Waals surface area contributed by atoms with E-state index in [9.17, 15) is 9.90 Å². The van der Waals surface area contributed by atoms with Crippen molar-refractivity contribution in [1.82, 2.24) is 4.90 Å². The van der Waals surface area contributed by atoms with Crippen molar-refractivity contribution < 1.29 is 19.1 Å². The minimum Gasteiger partial charge on any atom is -0.508 e. The van der Waals surface area contributed by atoms with E-state index in [1.165, 1.54) is 11.8 Å². The minimum absolute atomic E-state index is 0.101. The smallest absolute Gasteiger partial charge is 0.262 e. The largest absolute Gasteiger partial charge is 0.508 e. The summed E-state index contributed by atoms with van der Waals surface area (Å²) in [4.78, 5) is 18.8. The van der Waals surface area contributed by atoms with Gasteiger partial charge in [0.25, 0.3) is 5.91 Å². The fraction of sp³-hybridized carbons (Fsp3) is 0.478. The standard InChI is InChI=1S/C23H28N2O4S/c1-4-23(2,3)17-13-15(5-7-18(17)26)19-8-6-16(29-19)14-20-21(27)24-22(30-20)25-9-11-28-12-10-25/h5-8,13,20,26H,4,9-12,14H2,1-3H3.